The molecule has 3 aromatic carbocycles. The van der Waals surface area contributed by atoms with Gasteiger partial charge in [-0.05, 0) is 47.5 Å². The van der Waals surface area contributed by atoms with E-state index in [1.807, 2.05) is 0 Å². The van der Waals surface area contributed by atoms with Gasteiger partial charge < -0.3 is 43.7 Å². The topological polar surface area (TPSA) is 116 Å². The monoisotopic (exact) mass is 498 g/mol. The van der Waals surface area contributed by atoms with Crippen molar-refractivity contribution in [1.82, 2.24) is 0 Å². The van der Waals surface area contributed by atoms with Gasteiger partial charge in [0.05, 0.1) is 48.3 Å². The molecule has 1 heterocycles. The van der Waals surface area contributed by atoms with Crippen molar-refractivity contribution >= 4 is 0 Å². The number of hydrogen-bond donors (Lipinski definition) is 3. The summed E-state index contributed by atoms with van der Waals surface area (Å²) in [6, 6.07) is 12.2. The molecule has 0 aromatic heterocycles. The maximum Gasteiger partial charge on any atom is 0.170 e. The van der Waals surface area contributed by atoms with Crippen molar-refractivity contribution in [2.75, 3.05) is 35.0 Å². The largest absolute Gasteiger partial charge is 0.493 e. The van der Waals surface area contributed by atoms with Gasteiger partial charge in [-0.1, -0.05) is 6.07 Å². The van der Waals surface area contributed by atoms with Crippen LogP contribution >= 0.6 is 0 Å². The van der Waals surface area contributed by atoms with Crippen molar-refractivity contribution in [2.24, 2.45) is 0 Å². The van der Waals surface area contributed by atoms with E-state index in [9.17, 15) is 15.3 Å². The van der Waals surface area contributed by atoms with Gasteiger partial charge in [0, 0.05) is 16.7 Å². The SMILES string of the molecule is COc1ccc(C2Oc3c(OC)cc(CO)cc3-c3cc(CO)cc(OC)c3OC2CO)cc1OC. The second-order valence-corrected chi connectivity index (χ2v) is 8.16. The van der Waals surface area contributed by atoms with E-state index in [-0.39, 0.29) is 19.8 Å². The molecule has 2 atom stereocenters. The molecule has 4 rings (SSSR count). The van der Waals surface area contributed by atoms with E-state index in [1.165, 1.54) is 21.3 Å². The van der Waals surface area contributed by atoms with Crippen LogP contribution in [0.15, 0.2) is 42.5 Å². The zero-order valence-electron chi connectivity index (χ0n) is 20.6. The number of benzene rings is 3. The van der Waals surface area contributed by atoms with E-state index in [0.29, 0.717) is 62.3 Å². The van der Waals surface area contributed by atoms with Gasteiger partial charge in [0.15, 0.2) is 46.7 Å². The van der Waals surface area contributed by atoms with Crippen LogP contribution in [-0.2, 0) is 13.2 Å². The number of fused-ring (bicyclic) bond motifs is 3. The first kappa shape index (κ1) is 25.4. The molecule has 0 radical (unpaired) electrons. The maximum absolute atomic E-state index is 10.4. The summed E-state index contributed by atoms with van der Waals surface area (Å²) in [4.78, 5) is 0. The molecule has 1 aliphatic rings. The Morgan fingerprint density at radius 2 is 1.17 bits per heavy atom. The Balaban J connectivity index is 2.00. The van der Waals surface area contributed by atoms with Crippen LogP contribution in [0.4, 0.5) is 0 Å². The predicted octanol–water partition coefficient (Wildman–Crippen LogP) is 3.25. The van der Waals surface area contributed by atoms with Crippen LogP contribution in [0.5, 0.6) is 34.5 Å². The quantitative estimate of drug-likeness (QED) is 0.430. The first-order chi connectivity index (χ1) is 17.5. The lowest BCUT2D eigenvalue weighted by Gasteiger charge is -2.33. The van der Waals surface area contributed by atoms with Gasteiger partial charge in [-0.15, -0.1) is 0 Å². The van der Waals surface area contributed by atoms with E-state index >= 15 is 0 Å². The van der Waals surface area contributed by atoms with Crippen LogP contribution < -0.4 is 28.4 Å². The van der Waals surface area contributed by atoms with Crippen LogP contribution in [0.1, 0.15) is 22.8 Å². The normalized spacial score (nSPS) is 16.4. The summed E-state index contributed by atoms with van der Waals surface area (Å²) in [5.41, 5.74) is 2.98. The summed E-state index contributed by atoms with van der Waals surface area (Å²) in [7, 11) is 6.10. The van der Waals surface area contributed by atoms with Crippen LogP contribution in [0.25, 0.3) is 11.1 Å². The van der Waals surface area contributed by atoms with Gasteiger partial charge >= 0.3 is 0 Å². The number of rotatable bonds is 8. The molecule has 3 N–H and O–H groups in total. The molecule has 0 aliphatic carbocycles. The summed E-state index contributed by atoms with van der Waals surface area (Å²) < 4.78 is 35.0. The zero-order chi connectivity index (χ0) is 25.8. The Hall–Kier alpha value is -3.66. The first-order valence-electron chi connectivity index (χ1n) is 11.3. The van der Waals surface area contributed by atoms with Gasteiger partial charge in [-0.2, -0.15) is 0 Å². The summed E-state index contributed by atoms with van der Waals surface area (Å²) in [6.07, 6.45) is -1.65. The standard InChI is InChI=1S/C27H30O9/c1-31-20-6-5-17(11-21(20)32-2)25-24(14-30)35-26-18(7-15(12-28)9-22(26)33-3)19-8-16(13-29)10-23(34-4)27(19)36-25/h5-11,24-25,28-30H,12-14H2,1-4H3. The molecule has 9 nitrogen and oxygen atoms in total. The van der Waals surface area contributed by atoms with Crippen LogP contribution in [0.2, 0.25) is 0 Å². The van der Waals surface area contributed by atoms with E-state index in [4.69, 9.17) is 28.4 Å². The summed E-state index contributed by atoms with van der Waals surface area (Å²) in [6.45, 7) is -0.834. The Labute approximate surface area is 209 Å². The molecular weight excluding hydrogens is 468 g/mol. The van der Waals surface area contributed by atoms with E-state index < -0.39 is 12.2 Å². The molecule has 0 saturated carbocycles. The van der Waals surface area contributed by atoms with Gasteiger partial charge in [-0.25, -0.2) is 0 Å². The molecule has 0 fully saturated rings. The Morgan fingerprint density at radius 3 is 1.64 bits per heavy atom. The first-order valence-corrected chi connectivity index (χ1v) is 11.3. The minimum atomic E-state index is -0.855. The average molecular weight is 499 g/mol. The van der Waals surface area contributed by atoms with Gasteiger partial charge in [0.1, 0.15) is 0 Å². The molecule has 2 unspecified atom stereocenters. The summed E-state index contributed by atoms with van der Waals surface area (Å²) in [5, 5.41) is 30.2. The van der Waals surface area contributed by atoms with E-state index in [1.54, 1.807) is 49.6 Å². The van der Waals surface area contributed by atoms with Gasteiger partial charge in [-0.3, -0.25) is 0 Å². The lowest BCUT2D eigenvalue weighted by Crippen LogP contribution is -2.34. The Morgan fingerprint density at radius 1 is 0.639 bits per heavy atom. The molecule has 0 bridgehead atoms. The molecule has 0 spiro atoms. The lowest BCUT2D eigenvalue weighted by molar-refractivity contribution is 0.0107. The third kappa shape index (κ3) is 4.60. The number of aliphatic hydroxyl groups is 3. The highest BCUT2D eigenvalue weighted by Crippen LogP contribution is 2.51. The minimum absolute atomic E-state index is 0.227. The minimum Gasteiger partial charge on any atom is -0.493 e. The second-order valence-electron chi connectivity index (χ2n) is 8.16. The van der Waals surface area contributed by atoms with Crippen LogP contribution in [-0.4, -0.2) is 56.5 Å². The lowest BCUT2D eigenvalue weighted by atomic mass is 9.95. The molecule has 0 saturated heterocycles. The number of hydrogen-bond acceptors (Lipinski definition) is 9. The van der Waals surface area contributed by atoms with Crippen molar-refractivity contribution in [3.05, 3.63) is 59.2 Å². The molecule has 1 aliphatic heterocycles. The van der Waals surface area contributed by atoms with Gasteiger partial charge in [0.25, 0.3) is 0 Å². The fourth-order valence-corrected chi connectivity index (χ4v) is 4.31. The highest BCUT2D eigenvalue weighted by Gasteiger charge is 2.35. The van der Waals surface area contributed by atoms with E-state index in [0.717, 1.165) is 0 Å². The summed E-state index contributed by atoms with van der Waals surface area (Å²) >= 11 is 0. The van der Waals surface area contributed by atoms with E-state index in [2.05, 4.69) is 0 Å². The van der Waals surface area contributed by atoms with Crippen molar-refractivity contribution in [3.63, 3.8) is 0 Å². The van der Waals surface area contributed by atoms with Gasteiger partial charge in [0.2, 0.25) is 0 Å². The fourth-order valence-electron chi connectivity index (χ4n) is 4.31. The molecule has 36 heavy (non-hydrogen) atoms. The Bertz CT molecular complexity index is 1220. The highest BCUT2D eigenvalue weighted by atomic mass is 16.6. The molecule has 0 amide bonds. The van der Waals surface area contributed by atoms with Crippen molar-refractivity contribution in [2.45, 2.75) is 25.4 Å². The van der Waals surface area contributed by atoms with Crippen LogP contribution in [0.3, 0.4) is 0 Å². The highest BCUT2D eigenvalue weighted by molar-refractivity contribution is 5.82. The molecular formula is C27H30O9. The number of aliphatic hydroxyl groups excluding tert-OH is 3. The third-order valence-corrected chi connectivity index (χ3v) is 6.09. The number of methoxy groups -OCH3 is 4. The smallest absolute Gasteiger partial charge is 0.170 e. The number of ether oxygens (including phenoxy) is 6. The fraction of sp³-hybridized carbons (Fsp3) is 0.333. The molecule has 3 aromatic rings. The van der Waals surface area contributed by atoms with Crippen molar-refractivity contribution in [3.8, 4) is 45.6 Å². The molecule has 9 heteroatoms. The molecule has 192 valence electrons. The van der Waals surface area contributed by atoms with Crippen LogP contribution in [0, 0.1) is 0 Å². The second kappa shape index (κ2) is 10.9. The summed E-state index contributed by atoms with van der Waals surface area (Å²) in [5.74, 6) is 2.55. The van der Waals surface area contributed by atoms with Crippen molar-refractivity contribution in [1.29, 1.82) is 0 Å². The third-order valence-electron chi connectivity index (χ3n) is 6.09. The Kier molecular flexibility index (Phi) is 7.73. The zero-order valence-corrected chi connectivity index (χ0v) is 20.6. The average Bonchev–Trinajstić information content (AvgIpc) is 2.92. The predicted molar refractivity (Wildman–Crippen MR) is 131 cm³/mol. The van der Waals surface area contributed by atoms with Crippen molar-refractivity contribution < 1.29 is 43.7 Å². The maximum atomic E-state index is 10.4.